The maximum absolute atomic E-state index is 12.9. The zero-order valence-corrected chi connectivity index (χ0v) is 12.1. The van der Waals surface area contributed by atoms with Crippen LogP contribution in [0.25, 0.3) is 17.2 Å². The highest BCUT2D eigenvalue weighted by Gasteiger charge is 2.40. The van der Waals surface area contributed by atoms with Gasteiger partial charge in [-0.25, -0.2) is 15.0 Å². The van der Waals surface area contributed by atoms with Crippen LogP contribution in [0.15, 0.2) is 21.5 Å². The number of fused-ring (bicyclic) bond motifs is 3. The van der Waals surface area contributed by atoms with E-state index in [1.807, 2.05) is 0 Å². The summed E-state index contributed by atoms with van der Waals surface area (Å²) in [4.78, 5) is 12.2. The van der Waals surface area contributed by atoms with E-state index in [0.29, 0.717) is 23.2 Å². The lowest BCUT2D eigenvalue weighted by Crippen LogP contribution is -2.22. The molecule has 0 aliphatic carbocycles. The van der Waals surface area contributed by atoms with Crippen LogP contribution in [0.3, 0.4) is 0 Å². The number of nitrogens with zero attached hydrogens (tertiary/aromatic N) is 5. The molecule has 118 valence electrons. The van der Waals surface area contributed by atoms with Gasteiger partial charge in [0.25, 0.3) is 0 Å². The van der Waals surface area contributed by atoms with Gasteiger partial charge in [0, 0.05) is 6.42 Å². The first-order valence-corrected chi connectivity index (χ1v) is 6.81. The van der Waals surface area contributed by atoms with Crippen molar-refractivity contribution in [1.82, 2.24) is 19.6 Å². The Morgan fingerprint density at radius 2 is 1.96 bits per heavy atom. The fourth-order valence-electron chi connectivity index (χ4n) is 2.52. The number of alkyl halides is 3. The third-order valence-corrected chi connectivity index (χ3v) is 3.51. The van der Waals surface area contributed by atoms with Gasteiger partial charge in [0.15, 0.2) is 17.2 Å². The van der Waals surface area contributed by atoms with Crippen molar-refractivity contribution in [3.05, 3.63) is 29.4 Å². The fraction of sp³-hybridized carbons (Fsp3) is 0.286. The molecule has 9 heteroatoms. The Balaban J connectivity index is 1.98. The molecular weight excluding hydrogens is 311 g/mol. The van der Waals surface area contributed by atoms with Crippen LogP contribution in [0.1, 0.15) is 17.3 Å². The summed E-state index contributed by atoms with van der Waals surface area (Å²) in [6.07, 6.45) is -4.87. The van der Waals surface area contributed by atoms with E-state index in [4.69, 9.17) is 4.42 Å². The van der Waals surface area contributed by atoms with E-state index in [1.54, 1.807) is 26.0 Å². The van der Waals surface area contributed by atoms with E-state index >= 15 is 0 Å². The highest BCUT2D eigenvalue weighted by molar-refractivity contribution is 5.99. The largest absolute Gasteiger partial charge is 0.458 e. The van der Waals surface area contributed by atoms with E-state index < -0.39 is 11.9 Å². The normalized spacial score (nSPS) is 14.4. The molecule has 0 radical (unpaired) electrons. The highest BCUT2D eigenvalue weighted by Crippen LogP contribution is 2.36. The molecule has 4 rings (SSSR count). The molecule has 0 atom stereocenters. The number of hydrogen-bond acceptors (Lipinski definition) is 5. The van der Waals surface area contributed by atoms with Crippen molar-refractivity contribution in [2.45, 2.75) is 26.4 Å². The van der Waals surface area contributed by atoms with Crippen LogP contribution in [0, 0.1) is 13.8 Å². The Morgan fingerprint density at radius 1 is 1.17 bits per heavy atom. The second kappa shape index (κ2) is 4.40. The quantitative estimate of drug-likeness (QED) is 0.690. The van der Waals surface area contributed by atoms with Gasteiger partial charge >= 0.3 is 6.18 Å². The Bertz CT molecular complexity index is 967. The van der Waals surface area contributed by atoms with Crippen molar-refractivity contribution >= 4 is 17.0 Å². The average molecular weight is 321 g/mol. The van der Waals surface area contributed by atoms with E-state index in [-0.39, 0.29) is 23.4 Å². The number of hydrogen-bond donors (Lipinski definition) is 0. The molecule has 0 bridgehead atoms. The van der Waals surface area contributed by atoms with Crippen LogP contribution >= 0.6 is 0 Å². The minimum absolute atomic E-state index is 0.116. The minimum atomic E-state index is -4.49. The topological polar surface area (TPSA) is 68.6 Å². The Kier molecular flexibility index (Phi) is 2.66. The predicted octanol–water partition coefficient (Wildman–Crippen LogP) is 3.19. The lowest BCUT2D eigenvalue weighted by Gasteiger charge is -2.04. The molecule has 3 aromatic rings. The Hall–Kier alpha value is -2.71. The van der Waals surface area contributed by atoms with Crippen molar-refractivity contribution in [3.8, 4) is 11.6 Å². The molecule has 0 fully saturated rings. The van der Waals surface area contributed by atoms with Crippen LogP contribution in [-0.2, 0) is 6.42 Å². The predicted molar refractivity (Wildman–Crippen MR) is 74.8 cm³/mol. The summed E-state index contributed by atoms with van der Waals surface area (Å²) >= 11 is 0. The number of aliphatic imine (C=N–C) groups is 1. The summed E-state index contributed by atoms with van der Waals surface area (Å²) in [6, 6.07) is 3.44. The van der Waals surface area contributed by atoms with Crippen LogP contribution in [0.2, 0.25) is 0 Å². The third-order valence-electron chi connectivity index (χ3n) is 3.51. The van der Waals surface area contributed by atoms with E-state index in [1.165, 1.54) is 4.52 Å². The number of halogens is 3. The molecule has 0 N–H and O–H groups in total. The Morgan fingerprint density at radius 3 is 2.61 bits per heavy atom. The monoisotopic (exact) mass is 321 g/mol. The maximum Gasteiger partial charge on any atom is 0.429 e. The molecule has 0 amide bonds. The van der Waals surface area contributed by atoms with Gasteiger partial charge in [-0.2, -0.15) is 17.7 Å². The van der Waals surface area contributed by atoms with Crippen LogP contribution < -0.4 is 0 Å². The van der Waals surface area contributed by atoms with E-state index in [2.05, 4.69) is 20.1 Å². The molecule has 1 aliphatic rings. The molecular formula is C14H10F3N5O. The second-order valence-corrected chi connectivity index (χ2v) is 5.27. The van der Waals surface area contributed by atoms with Crippen molar-refractivity contribution in [3.63, 3.8) is 0 Å². The van der Waals surface area contributed by atoms with Crippen molar-refractivity contribution in [1.29, 1.82) is 0 Å². The molecule has 0 unspecified atom stereocenters. The molecule has 3 aromatic heterocycles. The zero-order chi connectivity index (χ0) is 16.4. The van der Waals surface area contributed by atoms with Gasteiger partial charge in [-0.3, -0.25) is 0 Å². The molecule has 0 spiro atoms. The number of rotatable bonds is 1. The van der Waals surface area contributed by atoms with Gasteiger partial charge in [-0.05, 0) is 26.0 Å². The lowest BCUT2D eigenvalue weighted by atomic mass is 10.2. The van der Waals surface area contributed by atoms with Crippen molar-refractivity contribution in [2.75, 3.05) is 0 Å². The summed E-state index contributed by atoms with van der Waals surface area (Å²) < 4.78 is 45.7. The molecule has 1 aliphatic heterocycles. The van der Waals surface area contributed by atoms with Gasteiger partial charge < -0.3 is 4.42 Å². The molecule has 23 heavy (non-hydrogen) atoms. The van der Waals surface area contributed by atoms with E-state index in [0.717, 1.165) is 0 Å². The van der Waals surface area contributed by atoms with Crippen molar-refractivity contribution < 1.29 is 17.6 Å². The standard InChI is InChI=1S/C14H10F3N5O/c1-6-3-4-9(23-6)12-19-8-5-10(14(15,16)17)20-11(8)13-18-7(2)21-22(12)13/h3-4H,5H2,1-2H3. The average Bonchev–Trinajstić information content (AvgIpc) is 3.12. The molecule has 0 aromatic carbocycles. The second-order valence-electron chi connectivity index (χ2n) is 5.27. The molecule has 4 heterocycles. The number of aromatic nitrogens is 4. The minimum Gasteiger partial charge on any atom is -0.458 e. The summed E-state index contributed by atoms with van der Waals surface area (Å²) in [5, 5.41) is 4.20. The van der Waals surface area contributed by atoms with E-state index in [9.17, 15) is 13.2 Å². The van der Waals surface area contributed by atoms with Gasteiger partial charge in [-0.15, -0.1) is 5.10 Å². The first-order chi connectivity index (χ1) is 10.8. The molecule has 0 saturated carbocycles. The highest BCUT2D eigenvalue weighted by atomic mass is 19.4. The number of aryl methyl sites for hydroxylation is 2. The summed E-state index contributed by atoms with van der Waals surface area (Å²) in [7, 11) is 0. The first kappa shape index (κ1) is 13.9. The Labute approximate surface area is 127 Å². The third kappa shape index (κ3) is 2.11. The number of furan rings is 1. The smallest absolute Gasteiger partial charge is 0.429 e. The molecule has 0 saturated heterocycles. The van der Waals surface area contributed by atoms with Crippen LogP contribution in [0.5, 0.6) is 0 Å². The van der Waals surface area contributed by atoms with Crippen LogP contribution in [0.4, 0.5) is 18.9 Å². The summed E-state index contributed by atoms with van der Waals surface area (Å²) in [6.45, 7) is 3.42. The zero-order valence-electron chi connectivity index (χ0n) is 12.1. The van der Waals surface area contributed by atoms with Gasteiger partial charge in [0.2, 0.25) is 0 Å². The molecule has 6 nitrogen and oxygen atoms in total. The SMILES string of the molecule is Cc1nc2c3c(nc(-c4ccc(C)o4)n2n1)CC(C(F)(F)F)=N3. The van der Waals surface area contributed by atoms with Crippen LogP contribution in [-0.4, -0.2) is 31.5 Å². The first-order valence-electron chi connectivity index (χ1n) is 6.81. The summed E-state index contributed by atoms with van der Waals surface area (Å²) in [5.74, 6) is 1.81. The van der Waals surface area contributed by atoms with Gasteiger partial charge in [-0.1, -0.05) is 0 Å². The van der Waals surface area contributed by atoms with Gasteiger partial charge in [0.1, 0.15) is 23.0 Å². The fourth-order valence-corrected chi connectivity index (χ4v) is 2.52. The van der Waals surface area contributed by atoms with Gasteiger partial charge in [0.05, 0.1) is 5.69 Å². The maximum atomic E-state index is 12.9. The lowest BCUT2D eigenvalue weighted by molar-refractivity contribution is -0.0597. The summed E-state index contributed by atoms with van der Waals surface area (Å²) in [5.41, 5.74) is -0.294. The van der Waals surface area contributed by atoms with Crippen molar-refractivity contribution in [2.24, 2.45) is 4.99 Å².